The number of piperazine rings is 2. The van der Waals surface area contributed by atoms with Gasteiger partial charge in [-0.3, -0.25) is 39.4 Å². The van der Waals surface area contributed by atoms with Crippen molar-refractivity contribution in [3.8, 4) is 28.7 Å². The third-order valence-electron chi connectivity index (χ3n) is 20.5. The van der Waals surface area contributed by atoms with Gasteiger partial charge in [-0.25, -0.2) is 15.0 Å². The standard InChI is InChI=1S/C43H58N4O12.C18H20FN3O4.C10H24N2O2.C6H7N3O/c1-21-12-11-13-22(2)42(55)45-33-28(20-44-47-17-15-46(9)16-18-47)37(52)30-31(38(33)53)36(51)26(6)40-32(30)41(54)43(8,59-40)57-19-14-29(56-10)23(3)39(58-27(7)48)25(5)35(50)24(4)34(21)49;1-10-9-26-17-14-11(16(23)12(18(24)25)8-22(10)14)7-13(19)15(17)21-5-3-20(2)4-6-21;1-3-9(7-13)11-5-6-12-10(4-2)8-14;7-9-6(10)5-1-3-8-4-2-5/h11-14,19-21,23-25,29,34-35,39,49-53H,15-18H2,1-10H3,(H,45,55);7-8,10H,3-6,9H2,1-2H3,(H,24,25);9-14H,3-8H2,1-2H3;1-4H,7H2,(H,9,10)/b12-11+,19-14+,22-13-,44-20-;;;/t21-,23-,24+,25+,29-,34+,35+,39+,43-;10-;9-,10-;/m000./s1. The van der Waals surface area contributed by atoms with Gasteiger partial charge in [-0.2, -0.15) is 5.10 Å². The highest BCUT2D eigenvalue weighted by Gasteiger charge is 2.50. The number of halogens is 1. The number of anilines is 2. The molecule has 3 aromatic carbocycles. The summed E-state index contributed by atoms with van der Waals surface area (Å²) < 4.78 is 46.2. The number of likely N-dealkylation sites (N-methyl/N-ethyl adjacent to an activating group) is 2. The first-order valence-electron chi connectivity index (χ1n) is 36.6. The Morgan fingerprint density at radius 1 is 0.844 bits per heavy atom. The number of nitrogen functional groups attached to an aromatic ring is 1. The van der Waals surface area contributed by atoms with Crippen LogP contribution in [0.5, 0.6) is 28.7 Å². The molecule has 11 rings (SSSR count). The van der Waals surface area contributed by atoms with Crippen LogP contribution in [-0.4, -0.2) is 250 Å². The largest absolute Gasteiger partial charge is 0.507 e. The van der Waals surface area contributed by atoms with Gasteiger partial charge in [-0.15, -0.1) is 0 Å². The molecule has 2 amide bonds. The van der Waals surface area contributed by atoms with Gasteiger partial charge in [0.2, 0.25) is 5.43 Å². The summed E-state index contributed by atoms with van der Waals surface area (Å²) in [6, 6.07) is 4.57. The number of allylic oxidation sites excluding steroid dienone is 2. The molecule has 0 spiro atoms. The first-order chi connectivity index (χ1) is 51.7. The maximum absolute atomic E-state index is 15.0. The number of phenols is 3. The number of ether oxygens (including phenoxy) is 5. The number of methoxy groups -OCH3 is 1. The second kappa shape index (κ2) is 39.3. The number of aromatic hydroxyl groups is 3. The number of carbonyl (C=O) groups is 5. The molecule has 2 fully saturated rings. The molecule has 598 valence electrons. The Kier molecular flexibility index (Phi) is 31.4. The van der Waals surface area contributed by atoms with Crippen LogP contribution in [0.3, 0.4) is 0 Å². The number of aromatic nitrogens is 2. The molecule has 6 aliphatic rings. The van der Waals surface area contributed by atoms with Crippen LogP contribution < -0.4 is 47.0 Å². The van der Waals surface area contributed by atoms with Crippen molar-refractivity contribution in [1.82, 2.24) is 40.4 Å². The van der Waals surface area contributed by atoms with E-state index in [0.717, 1.165) is 58.2 Å². The maximum Gasteiger partial charge on any atom is 0.341 e. The number of fused-ring (bicyclic) bond motifs is 14. The molecule has 32 heteroatoms. The number of rotatable bonds is 16. The van der Waals surface area contributed by atoms with Crippen LogP contribution in [0.1, 0.15) is 130 Å². The van der Waals surface area contributed by atoms with Crippen LogP contribution >= 0.6 is 0 Å². The first-order valence-corrected chi connectivity index (χ1v) is 36.6. The number of ketones is 1. The summed E-state index contributed by atoms with van der Waals surface area (Å²) in [6.45, 7) is 26.3. The fraction of sp³-hybridized carbons (Fsp3) is 0.532. The van der Waals surface area contributed by atoms with Crippen LogP contribution in [0, 0.1) is 36.4 Å². The summed E-state index contributed by atoms with van der Waals surface area (Å²) in [5.41, 5.74) is 1.95. The minimum Gasteiger partial charge on any atom is -0.507 e. The molecule has 0 aliphatic carbocycles. The number of hydrogen-bond donors (Lipinski definition) is 13. The van der Waals surface area contributed by atoms with Crippen molar-refractivity contribution < 1.29 is 92.9 Å². The highest BCUT2D eigenvalue weighted by atomic mass is 19.1. The number of benzene rings is 3. The number of carboxylic acid groups (broad SMARTS) is 1. The van der Waals surface area contributed by atoms with Crippen molar-refractivity contribution in [2.75, 3.05) is 117 Å². The van der Waals surface area contributed by atoms with Gasteiger partial charge in [-0.1, -0.05) is 59.8 Å². The number of aliphatic hydroxyl groups excluding tert-OH is 4. The van der Waals surface area contributed by atoms with Gasteiger partial charge >= 0.3 is 17.7 Å². The molecule has 5 aromatic rings. The molecule has 8 heterocycles. The van der Waals surface area contributed by atoms with Crippen LogP contribution in [0.25, 0.3) is 21.7 Å². The molecular formula is C77H109FN12O19. The van der Waals surface area contributed by atoms with Crippen LogP contribution in [0.4, 0.5) is 15.8 Å². The van der Waals surface area contributed by atoms with E-state index in [0.29, 0.717) is 48.7 Å². The second-order valence-corrected chi connectivity index (χ2v) is 28.3. The van der Waals surface area contributed by atoms with Crippen molar-refractivity contribution in [1.29, 1.82) is 0 Å². The normalized spacial score (nSPS) is 25.0. The summed E-state index contributed by atoms with van der Waals surface area (Å²) in [7, 11) is 5.44. The lowest BCUT2D eigenvalue weighted by molar-refractivity contribution is -0.160. The van der Waals surface area contributed by atoms with Crippen molar-refractivity contribution in [2.24, 2.45) is 34.6 Å². The number of nitrogens with zero attached hydrogens (tertiary/aromatic N) is 7. The van der Waals surface area contributed by atoms with E-state index in [-0.39, 0.29) is 99.3 Å². The molecule has 31 nitrogen and oxygen atoms in total. The zero-order valence-corrected chi connectivity index (χ0v) is 64.5. The highest BCUT2D eigenvalue weighted by Crippen LogP contribution is 2.55. The Labute approximate surface area is 633 Å². The average molecular weight is 1530 g/mol. The van der Waals surface area contributed by atoms with E-state index in [2.05, 4.69) is 35.8 Å². The van der Waals surface area contributed by atoms with E-state index >= 15 is 0 Å². The maximum atomic E-state index is 15.0. The monoisotopic (exact) mass is 1520 g/mol. The topological polar surface area (TPSA) is 428 Å². The fourth-order valence-electron chi connectivity index (χ4n) is 13.4. The molecule has 6 aliphatic heterocycles. The quantitative estimate of drug-likeness (QED) is 0.00874. The number of nitrogens with one attached hydrogen (secondary N) is 4. The Bertz CT molecular complexity index is 4180. The molecule has 109 heavy (non-hydrogen) atoms. The van der Waals surface area contributed by atoms with Gasteiger partial charge in [0.05, 0.1) is 83.1 Å². The number of hydrazine groups is 1. The average Bonchev–Trinajstić information content (AvgIpc) is 1.64. The molecule has 0 saturated carbocycles. The lowest BCUT2D eigenvalue weighted by atomic mass is 9.78. The number of esters is 1. The van der Waals surface area contributed by atoms with Crippen LogP contribution in [0.2, 0.25) is 0 Å². The zero-order valence-electron chi connectivity index (χ0n) is 64.5. The van der Waals surface area contributed by atoms with Crippen molar-refractivity contribution in [3.05, 3.63) is 117 Å². The Balaban J connectivity index is 0.000000266. The number of hydrogen-bond acceptors (Lipinski definition) is 27. The smallest absolute Gasteiger partial charge is 0.341 e. The van der Waals surface area contributed by atoms with Gasteiger partial charge in [0.25, 0.3) is 17.6 Å². The summed E-state index contributed by atoms with van der Waals surface area (Å²) in [5, 5.41) is 100. The van der Waals surface area contributed by atoms with Gasteiger partial charge in [0.15, 0.2) is 17.3 Å². The number of amides is 2. The molecule has 0 radical (unpaired) electrons. The van der Waals surface area contributed by atoms with E-state index in [1.165, 1.54) is 78.0 Å². The van der Waals surface area contributed by atoms with Crippen molar-refractivity contribution in [2.45, 2.75) is 137 Å². The second-order valence-electron chi connectivity index (χ2n) is 28.3. The molecule has 12 atom stereocenters. The lowest BCUT2D eigenvalue weighted by Gasteiger charge is -2.38. The number of nitrogens with two attached hydrogens (primary N) is 1. The molecule has 2 saturated heterocycles. The third-order valence-corrected chi connectivity index (χ3v) is 20.5. The number of carbonyl (C=O) groups excluding carboxylic acids is 4. The van der Waals surface area contributed by atoms with Gasteiger partial charge in [0.1, 0.15) is 41.2 Å². The Morgan fingerprint density at radius 2 is 1.45 bits per heavy atom. The Hall–Kier alpha value is -9.35. The first kappa shape index (κ1) is 86.9. The molecular weight excluding hydrogens is 1420 g/mol. The number of hydrazone groups is 1. The van der Waals surface area contributed by atoms with E-state index in [4.69, 9.17) is 39.7 Å². The fourth-order valence-corrected chi connectivity index (χ4v) is 13.4. The molecule has 5 bridgehead atoms. The van der Waals surface area contributed by atoms with Gasteiger partial charge in [-0.05, 0) is 72.0 Å². The lowest BCUT2D eigenvalue weighted by Crippen LogP contribution is -2.46. The number of aliphatic hydroxyl groups is 4. The highest BCUT2D eigenvalue weighted by molar-refractivity contribution is 6.24. The summed E-state index contributed by atoms with van der Waals surface area (Å²) in [4.78, 5) is 85.2. The van der Waals surface area contributed by atoms with Gasteiger partial charge < -0.3 is 99.8 Å². The number of carboxylic acids is 1. The van der Waals surface area contributed by atoms with E-state index in [9.17, 15) is 63.8 Å². The van der Waals surface area contributed by atoms with Crippen molar-refractivity contribution in [3.63, 3.8) is 0 Å². The molecule has 14 N–H and O–H groups in total. The van der Waals surface area contributed by atoms with Crippen molar-refractivity contribution >= 4 is 68.8 Å². The Morgan fingerprint density at radius 3 is 2.01 bits per heavy atom. The SMILES string of the molecule is CC[C@@H](CO)NCCN[C@@H](CC)CO.CO[C@H]1/C=C/O[C@@]2(C)Oc3c(C)c(O)c4c(O)c(c(/C=N\N5CCN(C)CC5)c(O)c4c3C2=O)NC(=O)/C(C)=C\C=C\[C@H](C)[C@@H](O)[C@@H](C)[C@@H](O)[C@@H](C)[C@H](OC(C)=O)[C@H]1C.C[C@H]1COc2c(N3CCN(C)CC3)c(F)cc3c(=O)c(C(=O)O)cn1c23.NNC(=O)c1ccncc1. The minimum absolute atomic E-state index is 0.0434. The number of aromatic carboxylic acids is 1. The minimum atomic E-state index is -2.04. The van der Waals surface area contributed by atoms with Crippen LogP contribution in [-0.2, 0) is 23.8 Å². The summed E-state index contributed by atoms with van der Waals surface area (Å²) in [6.07, 6.45) is 11.1. The third kappa shape index (κ3) is 20.6. The van der Waals surface area contributed by atoms with Crippen LogP contribution in [0.15, 0.2) is 82.8 Å². The number of pyridine rings is 2. The predicted molar refractivity (Wildman–Crippen MR) is 410 cm³/mol. The number of phenolic OH excluding ortho intramolecular Hbond substituents is 3. The van der Waals surface area contributed by atoms with E-state index in [1.807, 2.05) is 45.2 Å². The van der Waals surface area contributed by atoms with E-state index in [1.54, 1.807) is 61.6 Å². The predicted octanol–water partition coefficient (Wildman–Crippen LogP) is 5.27. The molecule has 2 aromatic heterocycles. The molecule has 0 unspecified atom stereocenters. The summed E-state index contributed by atoms with van der Waals surface area (Å²) in [5.74, 6) is -5.30. The van der Waals surface area contributed by atoms with E-state index < -0.39 is 106 Å². The summed E-state index contributed by atoms with van der Waals surface area (Å²) >= 11 is 0. The van der Waals surface area contributed by atoms with Gasteiger partial charge in [0, 0.05) is 163 Å². The zero-order chi connectivity index (χ0) is 80.5. The number of Topliss-reactive ketones (excluding diaryl/α,β-unsaturated/α-hetero) is 1.